The molecule has 1 N–H and O–H groups in total. The van der Waals surface area contributed by atoms with Gasteiger partial charge in [-0.25, -0.2) is 9.48 Å². The minimum absolute atomic E-state index is 0.0117. The number of fused-ring (bicyclic) bond motifs is 1. The van der Waals surface area contributed by atoms with Crippen LogP contribution in [0.1, 0.15) is 31.7 Å². The predicted molar refractivity (Wildman–Crippen MR) is 87.1 cm³/mol. The van der Waals surface area contributed by atoms with Crippen molar-refractivity contribution < 1.29 is 19.1 Å². The van der Waals surface area contributed by atoms with Crippen LogP contribution < -0.4 is 14.8 Å². The molecule has 3 heterocycles. The van der Waals surface area contributed by atoms with Crippen LogP contribution in [-0.4, -0.2) is 43.8 Å². The highest BCUT2D eigenvalue weighted by molar-refractivity contribution is 6.07. The standard InChI is InChI=1S/C16H18N6O4/c1-3-6-22-13(18-19-20-22)8-21-14(23)16(2,17-15(21)24)10-4-5-11-12(7-10)26-9-25-11/h4-5,7H,3,6,8-9H2,1-2H3,(H,17,24)/t16-/m0/s1. The van der Waals surface area contributed by atoms with Crippen LogP contribution in [-0.2, 0) is 23.4 Å². The van der Waals surface area contributed by atoms with Crippen molar-refractivity contribution in [3.05, 3.63) is 29.6 Å². The molecule has 3 amide bonds. The molecule has 10 heteroatoms. The van der Waals surface area contributed by atoms with Gasteiger partial charge in [0, 0.05) is 6.54 Å². The third kappa shape index (κ3) is 2.45. The highest BCUT2D eigenvalue weighted by atomic mass is 16.7. The molecule has 4 rings (SSSR count). The Morgan fingerprint density at radius 1 is 1.27 bits per heavy atom. The zero-order valence-electron chi connectivity index (χ0n) is 14.4. The molecule has 0 aliphatic carbocycles. The molecule has 1 aromatic carbocycles. The Labute approximate surface area is 149 Å². The maximum Gasteiger partial charge on any atom is 0.325 e. The summed E-state index contributed by atoms with van der Waals surface area (Å²) in [7, 11) is 0. The molecule has 0 bridgehead atoms. The van der Waals surface area contributed by atoms with Gasteiger partial charge in [-0.2, -0.15) is 0 Å². The van der Waals surface area contributed by atoms with Gasteiger partial charge in [0.15, 0.2) is 17.3 Å². The van der Waals surface area contributed by atoms with E-state index in [0.29, 0.717) is 29.4 Å². The van der Waals surface area contributed by atoms with Crippen LogP contribution in [0.25, 0.3) is 0 Å². The number of nitrogens with one attached hydrogen (secondary N) is 1. The summed E-state index contributed by atoms with van der Waals surface area (Å²) in [4.78, 5) is 26.6. The van der Waals surface area contributed by atoms with Crippen molar-refractivity contribution in [3.63, 3.8) is 0 Å². The number of nitrogens with zero attached hydrogens (tertiary/aromatic N) is 5. The Morgan fingerprint density at radius 3 is 2.88 bits per heavy atom. The quantitative estimate of drug-likeness (QED) is 0.786. The van der Waals surface area contributed by atoms with E-state index in [-0.39, 0.29) is 19.2 Å². The number of imide groups is 1. The Morgan fingerprint density at radius 2 is 2.08 bits per heavy atom. The average molecular weight is 358 g/mol. The number of benzene rings is 1. The number of aryl methyl sites for hydroxylation is 1. The summed E-state index contributed by atoms with van der Waals surface area (Å²) < 4.78 is 12.3. The number of tetrazole rings is 1. The lowest BCUT2D eigenvalue weighted by Crippen LogP contribution is -2.40. The summed E-state index contributed by atoms with van der Waals surface area (Å²) in [5.74, 6) is 1.26. The van der Waals surface area contributed by atoms with Gasteiger partial charge in [-0.15, -0.1) is 5.10 Å². The highest BCUT2D eigenvalue weighted by Gasteiger charge is 2.49. The summed E-state index contributed by atoms with van der Waals surface area (Å²) in [5, 5.41) is 14.2. The van der Waals surface area contributed by atoms with Crippen LogP contribution in [0, 0.1) is 0 Å². The van der Waals surface area contributed by atoms with E-state index in [4.69, 9.17) is 9.47 Å². The fourth-order valence-corrected chi connectivity index (χ4v) is 3.11. The van der Waals surface area contributed by atoms with Gasteiger partial charge in [0.25, 0.3) is 5.91 Å². The van der Waals surface area contributed by atoms with E-state index in [1.165, 1.54) is 0 Å². The summed E-state index contributed by atoms with van der Waals surface area (Å²) in [5.41, 5.74) is -0.572. The molecule has 0 unspecified atom stereocenters. The van der Waals surface area contributed by atoms with Crippen LogP contribution in [0.5, 0.6) is 11.5 Å². The van der Waals surface area contributed by atoms with E-state index < -0.39 is 11.6 Å². The minimum Gasteiger partial charge on any atom is -0.454 e. The first-order valence-corrected chi connectivity index (χ1v) is 8.32. The molecule has 1 saturated heterocycles. The molecule has 2 aromatic rings. The number of aromatic nitrogens is 4. The van der Waals surface area contributed by atoms with Crippen molar-refractivity contribution in [2.24, 2.45) is 0 Å². The number of hydrogen-bond donors (Lipinski definition) is 1. The second-order valence-corrected chi connectivity index (χ2v) is 6.33. The minimum atomic E-state index is -1.19. The lowest BCUT2D eigenvalue weighted by Gasteiger charge is -2.22. The number of amides is 3. The van der Waals surface area contributed by atoms with Crippen molar-refractivity contribution in [1.29, 1.82) is 0 Å². The van der Waals surface area contributed by atoms with Gasteiger partial charge in [0.2, 0.25) is 6.79 Å². The lowest BCUT2D eigenvalue weighted by molar-refractivity contribution is -0.131. The number of urea groups is 1. The topological polar surface area (TPSA) is 111 Å². The van der Waals surface area contributed by atoms with Crippen LogP contribution in [0.4, 0.5) is 4.79 Å². The molecule has 26 heavy (non-hydrogen) atoms. The largest absolute Gasteiger partial charge is 0.454 e. The molecular weight excluding hydrogens is 340 g/mol. The Bertz CT molecular complexity index is 881. The van der Waals surface area contributed by atoms with Gasteiger partial charge in [0.1, 0.15) is 5.54 Å². The number of ether oxygens (including phenoxy) is 2. The number of carbonyl (C=O) groups excluding carboxylic acids is 2. The number of hydrogen-bond acceptors (Lipinski definition) is 7. The normalized spacial score (nSPS) is 21.4. The maximum atomic E-state index is 13.0. The van der Waals surface area contributed by atoms with Gasteiger partial charge in [-0.3, -0.25) is 9.69 Å². The van der Waals surface area contributed by atoms with E-state index in [2.05, 4.69) is 20.8 Å². The summed E-state index contributed by atoms with van der Waals surface area (Å²) in [6.45, 7) is 4.43. The third-order valence-corrected chi connectivity index (χ3v) is 4.57. The van der Waals surface area contributed by atoms with E-state index >= 15 is 0 Å². The molecule has 2 aliphatic rings. The second-order valence-electron chi connectivity index (χ2n) is 6.33. The summed E-state index contributed by atoms with van der Waals surface area (Å²) >= 11 is 0. The molecule has 1 aromatic heterocycles. The van der Waals surface area contributed by atoms with Crippen molar-refractivity contribution in [2.45, 2.75) is 38.9 Å². The van der Waals surface area contributed by atoms with Crippen molar-refractivity contribution in [2.75, 3.05) is 6.79 Å². The molecule has 0 saturated carbocycles. The first-order valence-electron chi connectivity index (χ1n) is 8.32. The third-order valence-electron chi connectivity index (χ3n) is 4.57. The van der Waals surface area contributed by atoms with Gasteiger partial charge in [0.05, 0.1) is 6.54 Å². The first kappa shape index (κ1) is 16.3. The van der Waals surface area contributed by atoms with E-state index in [9.17, 15) is 9.59 Å². The van der Waals surface area contributed by atoms with Crippen LogP contribution in [0.2, 0.25) is 0 Å². The molecule has 0 radical (unpaired) electrons. The van der Waals surface area contributed by atoms with Crippen molar-refractivity contribution >= 4 is 11.9 Å². The Balaban J connectivity index is 1.61. The lowest BCUT2D eigenvalue weighted by atomic mass is 9.91. The Kier molecular flexibility index (Phi) is 3.74. The molecule has 1 atom stereocenters. The summed E-state index contributed by atoms with van der Waals surface area (Å²) in [6.07, 6.45) is 0.840. The molecule has 0 spiro atoms. The Hall–Kier alpha value is -3.17. The van der Waals surface area contributed by atoms with E-state index in [0.717, 1.165) is 11.3 Å². The van der Waals surface area contributed by atoms with Gasteiger partial charge < -0.3 is 14.8 Å². The maximum absolute atomic E-state index is 13.0. The zero-order valence-corrected chi connectivity index (χ0v) is 14.4. The van der Waals surface area contributed by atoms with Gasteiger partial charge >= 0.3 is 6.03 Å². The van der Waals surface area contributed by atoms with Crippen LogP contribution in [0.15, 0.2) is 18.2 Å². The molecule has 2 aliphatic heterocycles. The number of rotatable bonds is 5. The SMILES string of the molecule is CCCn1nnnc1CN1C(=O)N[C@@](C)(c2ccc3c(c2)OCO3)C1=O. The molecule has 10 nitrogen and oxygen atoms in total. The van der Waals surface area contributed by atoms with Gasteiger partial charge in [-0.1, -0.05) is 13.0 Å². The average Bonchev–Trinajstić information content (AvgIpc) is 3.31. The number of carbonyl (C=O) groups is 2. The smallest absolute Gasteiger partial charge is 0.325 e. The van der Waals surface area contributed by atoms with Crippen molar-refractivity contribution in [3.8, 4) is 11.5 Å². The first-order chi connectivity index (χ1) is 12.5. The van der Waals surface area contributed by atoms with Crippen LogP contribution >= 0.6 is 0 Å². The molecular formula is C16H18N6O4. The van der Waals surface area contributed by atoms with E-state index in [1.54, 1.807) is 29.8 Å². The second kappa shape index (κ2) is 5.97. The zero-order chi connectivity index (χ0) is 18.3. The molecule has 1 fully saturated rings. The van der Waals surface area contributed by atoms with Crippen LogP contribution in [0.3, 0.4) is 0 Å². The predicted octanol–water partition coefficient (Wildman–Crippen LogP) is 0.779. The fourth-order valence-electron chi connectivity index (χ4n) is 3.11. The highest BCUT2D eigenvalue weighted by Crippen LogP contribution is 2.38. The summed E-state index contributed by atoms with van der Waals surface area (Å²) in [6, 6.07) is 4.70. The van der Waals surface area contributed by atoms with E-state index in [1.807, 2.05) is 6.92 Å². The fraction of sp³-hybridized carbons (Fsp3) is 0.438. The van der Waals surface area contributed by atoms with Crippen molar-refractivity contribution in [1.82, 2.24) is 30.4 Å². The molecule has 136 valence electrons. The van der Waals surface area contributed by atoms with Gasteiger partial charge in [-0.05, 0) is 41.5 Å². The monoisotopic (exact) mass is 358 g/mol.